The fourth-order valence-electron chi connectivity index (χ4n) is 6.84. The van der Waals surface area contributed by atoms with Gasteiger partial charge in [0.15, 0.2) is 5.82 Å². The van der Waals surface area contributed by atoms with Crippen LogP contribution in [-0.2, 0) is 9.47 Å². The second-order valence-corrected chi connectivity index (χ2v) is 13.0. The standard InChI is InChI=1S/C35H44N8O4/c1-24-23-42(15-16-43(24)30-3-2-4-30)33(44)27-7-11-29(12-8-27)37-35(45)36-28-9-5-25(6-10-28)31-38-32(26-13-19-46-20-14-26)40-34(39-31)41-17-21-47-22-18-41/h5-12,24,26,30H,2-4,13-23H2,1H3,(H2,36,37,45). The normalized spacial score (nSPS) is 21.3. The molecule has 2 N–H and O–H groups in total. The summed E-state index contributed by atoms with van der Waals surface area (Å²) >= 11 is 0. The fourth-order valence-corrected chi connectivity index (χ4v) is 6.84. The van der Waals surface area contributed by atoms with E-state index in [2.05, 4.69) is 27.4 Å². The van der Waals surface area contributed by atoms with Crippen molar-refractivity contribution in [3.8, 4) is 11.4 Å². The van der Waals surface area contributed by atoms with Gasteiger partial charge in [-0.2, -0.15) is 9.97 Å². The smallest absolute Gasteiger partial charge is 0.323 e. The number of benzene rings is 2. The minimum atomic E-state index is -0.366. The van der Waals surface area contributed by atoms with Gasteiger partial charge in [0.2, 0.25) is 5.95 Å². The van der Waals surface area contributed by atoms with Gasteiger partial charge in [-0.25, -0.2) is 9.78 Å². The van der Waals surface area contributed by atoms with Crippen molar-refractivity contribution >= 4 is 29.3 Å². The lowest BCUT2D eigenvalue weighted by atomic mass is 9.89. The number of urea groups is 1. The zero-order valence-corrected chi connectivity index (χ0v) is 27.1. The summed E-state index contributed by atoms with van der Waals surface area (Å²) in [6, 6.07) is 15.3. The summed E-state index contributed by atoms with van der Waals surface area (Å²) in [5.74, 6) is 2.36. The van der Waals surface area contributed by atoms with Crippen LogP contribution in [0.25, 0.3) is 11.4 Å². The molecule has 12 heteroatoms. The number of hydrogen-bond donors (Lipinski definition) is 2. The van der Waals surface area contributed by atoms with Crippen molar-refractivity contribution < 1.29 is 19.1 Å². The molecule has 4 heterocycles. The number of hydrogen-bond acceptors (Lipinski definition) is 9. The summed E-state index contributed by atoms with van der Waals surface area (Å²) in [7, 11) is 0. The number of aromatic nitrogens is 3. The van der Waals surface area contributed by atoms with Crippen LogP contribution in [-0.4, -0.2) is 108 Å². The SMILES string of the molecule is CC1CN(C(=O)c2ccc(NC(=O)Nc3ccc(-c4nc(C5CCOCC5)nc(N5CCOCC5)n4)cc3)cc2)CCN1C1CCC1. The minimum absolute atomic E-state index is 0.0383. The molecule has 1 atom stereocenters. The number of carbonyl (C=O) groups excluding carboxylic acids is 2. The number of rotatable bonds is 7. The van der Waals surface area contributed by atoms with Gasteiger partial charge in [-0.1, -0.05) is 6.42 Å². The molecule has 3 saturated heterocycles. The maximum atomic E-state index is 13.2. The Labute approximate surface area is 275 Å². The third kappa shape index (κ3) is 7.39. The predicted molar refractivity (Wildman–Crippen MR) is 180 cm³/mol. The molecule has 47 heavy (non-hydrogen) atoms. The van der Waals surface area contributed by atoms with Crippen molar-refractivity contribution in [1.29, 1.82) is 0 Å². The molecular formula is C35H44N8O4. The average molecular weight is 641 g/mol. The van der Waals surface area contributed by atoms with Crippen molar-refractivity contribution in [3.05, 3.63) is 59.9 Å². The van der Waals surface area contributed by atoms with Crippen LogP contribution >= 0.6 is 0 Å². The van der Waals surface area contributed by atoms with Crippen molar-refractivity contribution in [3.63, 3.8) is 0 Å². The summed E-state index contributed by atoms with van der Waals surface area (Å²) in [5, 5.41) is 5.76. The van der Waals surface area contributed by atoms with Crippen molar-refractivity contribution in [2.24, 2.45) is 0 Å². The van der Waals surface area contributed by atoms with Gasteiger partial charge in [0.05, 0.1) is 13.2 Å². The van der Waals surface area contributed by atoms with Gasteiger partial charge in [-0.3, -0.25) is 9.69 Å². The minimum Gasteiger partial charge on any atom is -0.381 e. The van der Waals surface area contributed by atoms with Crippen molar-refractivity contribution in [2.45, 2.75) is 57.0 Å². The molecule has 4 fully saturated rings. The highest BCUT2D eigenvalue weighted by molar-refractivity contribution is 6.00. The summed E-state index contributed by atoms with van der Waals surface area (Å²) in [5.41, 5.74) is 2.73. The third-order valence-electron chi connectivity index (χ3n) is 9.82. The molecule has 3 amide bonds. The van der Waals surface area contributed by atoms with E-state index >= 15 is 0 Å². The number of nitrogens with one attached hydrogen (secondary N) is 2. The summed E-state index contributed by atoms with van der Waals surface area (Å²) in [6.45, 7) is 8.84. The molecule has 3 aliphatic heterocycles. The topological polar surface area (TPSA) is 125 Å². The van der Waals surface area contributed by atoms with Gasteiger partial charge >= 0.3 is 6.03 Å². The Morgan fingerprint density at radius 1 is 0.766 bits per heavy atom. The summed E-state index contributed by atoms with van der Waals surface area (Å²) < 4.78 is 11.1. The van der Waals surface area contributed by atoms with E-state index in [0.29, 0.717) is 67.2 Å². The summed E-state index contributed by atoms with van der Waals surface area (Å²) in [6.07, 6.45) is 5.65. The number of amides is 3. The molecule has 0 bridgehead atoms. The molecule has 1 aromatic heterocycles. The summed E-state index contributed by atoms with van der Waals surface area (Å²) in [4.78, 5) is 47.2. The molecule has 4 aliphatic rings. The van der Waals surface area contributed by atoms with Gasteiger partial charge in [-0.15, -0.1) is 0 Å². The Kier molecular flexibility index (Phi) is 9.59. The molecule has 0 spiro atoms. The molecule has 1 saturated carbocycles. The number of ether oxygens (including phenoxy) is 2. The zero-order valence-electron chi connectivity index (χ0n) is 27.1. The highest BCUT2D eigenvalue weighted by atomic mass is 16.5. The van der Waals surface area contributed by atoms with Crippen molar-refractivity contribution in [2.75, 3.05) is 74.7 Å². The first-order chi connectivity index (χ1) is 23.0. The molecule has 2 aromatic carbocycles. The molecule has 248 valence electrons. The first-order valence-corrected chi connectivity index (χ1v) is 17.0. The second-order valence-electron chi connectivity index (χ2n) is 13.0. The highest BCUT2D eigenvalue weighted by Crippen LogP contribution is 2.30. The number of morpholine rings is 1. The number of anilines is 3. The van der Waals surface area contributed by atoms with Crippen LogP contribution in [0, 0.1) is 0 Å². The highest BCUT2D eigenvalue weighted by Gasteiger charge is 2.34. The lowest BCUT2D eigenvalue weighted by Crippen LogP contribution is -2.58. The van der Waals surface area contributed by atoms with Crippen LogP contribution in [0.4, 0.5) is 22.1 Å². The Morgan fingerprint density at radius 2 is 1.43 bits per heavy atom. The maximum absolute atomic E-state index is 13.2. The first kappa shape index (κ1) is 31.5. The van der Waals surface area contributed by atoms with Crippen LogP contribution in [0.3, 0.4) is 0 Å². The molecule has 0 radical (unpaired) electrons. The third-order valence-corrected chi connectivity index (χ3v) is 9.82. The lowest BCUT2D eigenvalue weighted by molar-refractivity contribution is 0.0187. The molecule has 12 nitrogen and oxygen atoms in total. The molecule has 3 aromatic rings. The molecular weight excluding hydrogens is 596 g/mol. The van der Waals surface area contributed by atoms with Gasteiger partial charge < -0.3 is 29.9 Å². The average Bonchev–Trinajstić information content (AvgIpc) is 3.09. The van der Waals surface area contributed by atoms with Crippen LogP contribution < -0.4 is 15.5 Å². The molecule has 7 rings (SSSR count). The van der Waals surface area contributed by atoms with Crippen LogP contribution in [0.5, 0.6) is 0 Å². The second kappa shape index (κ2) is 14.3. The van der Waals surface area contributed by atoms with E-state index in [1.807, 2.05) is 29.2 Å². The quantitative estimate of drug-likeness (QED) is 0.381. The van der Waals surface area contributed by atoms with E-state index in [4.69, 9.17) is 24.4 Å². The number of carbonyl (C=O) groups is 2. The Hall–Kier alpha value is -4.13. The Bertz CT molecular complexity index is 1500. The van der Waals surface area contributed by atoms with Crippen LogP contribution in [0.1, 0.15) is 61.1 Å². The number of nitrogens with zero attached hydrogens (tertiary/aromatic N) is 6. The van der Waals surface area contributed by atoms with Crippen molar-refractivity contribution in [1.82, 2.24) is 24.8 Å². The van der Waals surface area contributed by atoms with Gasteiger partial charge in [0, 0.05) is 86.4 Å². The maximum Gasteiger partial charge on any atom is 0.323 e. The van der Waals surface area contributed by atoms with Gasteiger partial charge in [0.1, 0.15) is 5.82 Å². The van der Waals surface area contributed by atoms with E-state index in [1.54, 1.807) is 24.3 Å². The van der Waals surface area contributed by atoms with Crippen LogP contribution in [0.2, 0.25) is 0 Å². The van der Waals surface area contributed by atoms with Gasteiger partial charge in [0.25, 0.3) is 5.91 Å². The fraction of sp³-hybridized carbons (Fsp3) is 0.514. The lowest BCUT2D eigenvalue weighted by Gasteiger charge is -2.47. The first-order valence-electron chi connectivity index (χ1n) is 17.0. The molecule has 1 aliphatic carbocycles. The largest absolute Gasteiger partial charge is 0.381 e. The van der Waals surface area contributed by atoms with E-state index in [0.717, 1.165) is 57.0 Å². The number of piperazine rings is 1. The van der Waals surface area contributed by atoms with E-state index in [9.17, 15) is 9.59 Å². The zero-order chi connectivity index (χ0) is 32.2. The van der Waals surface area contributed by atoms with E-state index in [-0.39, 0.29) is 17.9 Å². The monoisotopic (exact) mass is 640 g/mol. The van der Waals surface area contributed by atoms with Gasteiger partial charge in [-0.05, 0) is 81.1 Å². The Morgan fingerprint density at radius 3 is 2.06 bits per heavy atom. The van der Waals surface area contributed by atoms with E-state index < -0.39 is 0 Å². The van der Waals surface area contributed by atoms with Crippen LogP contribution in [0.15, 0.2) is 48.5 Å². The predicted octanol–water partition coefficient (Wildman–Crippen LogP) is 4.61. The van der Waals surface area contributed by atoms with E-state index in [1.165, 1.54) is 19.3 Å². The molecule has 1 unspecified atom stereocenters. The Balaban J connectivity index is 0.963.